The summed E-state index contributed by atoms with van der Waals surface area (Å²) < 4.78 is 22.6. The van der Waals surface area contributed by atoms with Gasteiger partial charge in [0.2, 0.25) is 0 Å². The van der Waals surface area contributed by atoms with Gasteiger partial charge in [0.25, 0.3) is 0 Å². The Morgan fingerprint density at radius 2 is 0.753 bits per heavy atom. The maximum Gasteiger partial charge on any atom is 0.306 e. The van der Waals surface area contributed by atoms with E-state index in [0.717, 1.165) is 77.0 Å². The summed E-state index contributed by atoms with van der Waals surface area (Å²) in [6.07, 6.45) is 78.3. The Morgan fingerprint density at radius 3 is 1.14 bits per heavy atom. The molecular formula is C68H113NO8. The van der Waals surface area contributed by atoms with Crippen molar-refractivity contribution >= 4 is 17.9 Å². The lowest BCUT2D eigenvalue weighted by Gasteiger charge is -2.26. The van der Waals surface area contributed by atoms with Gasteiger partial charge in [-0.25, -0.2) is 0 Å². The number of quaternary nitrogens is 1. The standard InChI is InChI=1S/C68H113NO8/c1-6-8-10-12-14-16-18-20-22-24-26-28-30-31-32-33-34-35-37-38-40-42-44-46-48-50-52-54-56-58-65(70)75-62-64(63-76-68(67(72)73)74-61-60-69(3,4)5)77-66(71)59-57-55-53-51-49-47-45-43-41-39-36-29-27-25-23-21-19-17-15-13-11-9-7-2/h9,11,15,17-18,20-21,23-24,26-27,29-31,39,41,45,47,51,53,64,68H,6-8,10,12-14,16,19,22,25,28,32-38,40,42-44,46,48-50,52,54-63H2,1-5H3/b11-9-,17-15-,20-18-,23-21-,26-24-,29-27-,31-30-,41-39-,47-45-,53-51-. The molecule has 0 fully saturated rings. The molecule has 0 aliphatic rings. The van der Waals surface area contributed by atoms with E-state index < -0.39 is 24.3 Å². The first-order valence-corrected chi connectivity index (χ1v) is 30.7. The second-order valence-electron chi connectivity index (χ2n) is 21.3. The number of carbonyl (C=O) groups excluding carboxylic acids is 3. The zero-order valence-electron chi connectivity index (χ0n) is 49.8. The van der Waals surface area contributed by atoms with Gasteiger partial charge < -0.3 is 33.3 Å². The number of allylic oxidation sites excluding steroid dienone is 20. The number of hydrogen-bond acceptors (Lipinski definition) is 8. The van der Waals surface area contributed by atoms with E-state index in [1.54, 1.807) is 0 Å². The number of carboxylic acid groups (broad SMARTS) is 1. The summed E-state index contributed by atoms with van der Waals surface area (Å²) in [5, 5.41) is 11.8. The maximum absolute atomic E-state index is 12.8. The summed E-state index contributed by atoms with van der Waals surface area (Å²) in [5.74, 6) is -2.38. The number of nitrogens with zero attached hydrogens (tertiary/aromatic N) is 1. The predicted octanol–water partition coefficient (Wildman–Crippen LogP) is 17.1. The van der Waals surface area contributed by atoms with Crippen LogP contribution in [0.5, 0.6) is 0 Å². The molecule has 0 aliphatic heterocycles. The van der Waals surface area contributed by atoms with Crippen LogP contribution >= 0.6 is 0 Å². The van der Waals surface area contributed by atoms with E-state index in [-0.39, 0.29) is 38.6 Å². The van der Waals surface area contributed by atoms with Crippen molar-refractivity contribution in [1.82, 2.24) is 0 Å². The average Bonchev–Trinajstić information content (AvgIpc) is 3.40. The van der Waals surface area contributed by atoms with Gasteiger partial charge in [-0.1, -0.05) is 238 Å². The number of carboxylic acids is 1. The first-order chi connectivity index (χ1) is 37.6. The summed E-state index contributed by atoms with van der Waals surface area (Å²) in [6.45, 7) is 4.55. The second-order valence-corrected chi connectivity index (χ2v) is 21.3. The van der Waals surface area contributed by atoms with Gasteiger partial charge in [-0.15, -0.1) is 0 Å². The maximum atomic E-state index is 12.8. The normalized spacial score (nSPS) is 13.6. The average molecular weight is 1070 g/mol. The Morgan fingerprint density at radius 1 is 0.403 bits per heavy atom. The summed E-state index contributed by atoms with van der Waals surface area (Å²) in [4.78, 5) is 37.3. The van der Waals surface area contributed by atoms with Gasteiger partial charge in [0.1, 0.15) is 13.2 Å². The monoisotopic (exact) mass is 1070 g/mol. The Labute approximate surface area is 472 Å². The number of ether oxygens (including phenoxy) is 4. The van der Waals surface area contributed by atoms with Crippen molar-refractivity contribution in [1.29, 1.82) is 0 Å². The molecule has 438 valence electrons. The minimum absolute atomic E-state index is 0.130. The van der Waals surface area contributed by atoms with Crippen LogP contribution in [0, 0.1) is 0 Å². The molecule has 9 heteroatoms. The van der Waals surface area contributed by atoms with Crippen molar-refractivity contribution in [3.8, 4) is 0 Å². The van der Waals surface area contributed by atoms with Crippen molar-refractivity contribution in [3.05, 3.63) is 122 Å². The zero-order valence-corrected chi connectivity index (χ0v) is 49.8. The minimum Gasteiger partial charge on any atom is -0.545 e. The Balaban J connectivity index is 4.30. The highest BCUT2D eigenvalue weighted by atomic mass is 16.7. The lowest BCUT2D eigenvalue weighted by molar-refractivity contribution is -0.870. The van der Waals surface area contributed by atoms with Crippen LogP contribution in [0.1, 0.15) is 232 Å². The molecule has 0 bridgehead atoms. The van der Waals surface area contributed by atoms with Crippen molar-refractivity contribution in [3.63, 3.8) is 0 Å². The third-order valence-corrected chi connectivity index (χ3v) is 12.7. The van der Waals surface area contributed by atoms with Gasteiger partial charge in [-0.05, 0) is 103 Å². The topological polar surface area (TPSA) is 111 Å². The number of rotatable bonds is 55. The SMILES string of the molecule is CC/C=C\C/C=C\C/C=C\C/C=C\C/C=C\C/C=C\C/C=C\CCCC(=O)OC(COC(=O)CCCCCCCCCCCCCCCC/C=C\C/C=C\C/C=C\CCCCCCC)COC(OCC[N+](C)(C)C)C(=O)[O-]. The quantitative estimate of drug-likeness (QED) is 0.0195. The van der Waals surface area contributed by atoms with Crippen LogP contribution in [0.3, 0.4) is 0 Å². The molecule has 0 saturated carbocycles. The lowest BCUT2D eigenvalue weighted by atomic mass is 10.0. The van der Waals surface area contributed by atoms with Crippen LogP contribution in [0.4, 0.5) is 0 Å². The highest BCUT2D eigenvalue weighted by Crippen LogP contribution is 2.15. The summed E-state index contributed by atoms with van der Waals surface area (Å²) in [5.41, 5.74) is 0. The summed E-state index contributed by atoms with van der Waals surface area (Å²) in [7, 11) is 5.90. The highest BCUT2D eigenvalue weighted by Gasteiger charge is 2.22. The molecule has 0 radical (unpaired) electrons. The van der Waals surface area contributed by atoms with Crippen LogP contribution in [0.15, 0.2) is 122 Å². The first kappa shape index (κ1) is 72.7. The molecule has 77 heavy (non-hydrogen) atoms. The summed E-state index contributed by atoms with van der Waals surface area (Å²) in [6, 6.07) is 0. The van der Waals surface area contributed by atoms with E-state index in [2.05, 4.69) is 135 Å². The molecule has 0 aromatic rings. The van der Waals surface area contributed by atoms with Gasteiger partial charge >= 0.3 is 11.9 Å². The molecule has 0 spiro atoms. The van der Waals surface area contributed by atoms with E-state index in [1.165, 1.54) is 116 Å². The second kappa shape index (κ2) is 57.9. The van der Waals surface area contributed by atoms with E-state index in [1.807, 2.05) is 21.1 Å². The Kier molecular flexibility index (Phi) is 54.6. The van der Waals surface area contributed by atoms with E-state index in [0.29, 0.717) is 23.9 Å². The fourth-order valence-corrected chi connectivity index (χ4v) is 8.00. The molecule has 0 saturated heterocycles. The van der Waals surface area contributed by atoms with E-state index >= 15 is 0 Å². The molecule has 0 amide bonds. The molecule has 0 aliphatic carbocycles. The van der Waals surface area contributed by atoms with E-state index in [9.17, 15) is 19.5 Å². The molecule has 2 unspecified atom stereocenters. The third kappa shape index (κ3) is 59.2. The lowest BCUT2D eigenvalue weighted by Crippen LogP contribution is -2.44. The van der Waals surface area contributed by atoms with Crippen LogP contribution in [0.2, 0.25) is 0 Å². The number of unbranched alkanes of at least 4 members (excludes halogenated alkanes) is 20. The third-order valence-electron chi connectivity index (χ3n) is 12.7. The van der Waals surface area contributed by atoms with Gasteiger partial charge in [0.15, 0.2) is 12.4 Å². The Hall–Kier alpha value is -4.31. The molecule has 0 rings (SSSR count). The number of likely N-dealkylation sites (N-methyl/N-ethyl adjacent to an activating group) is 1. The van der Waals surface area contributed by atoms with Crippen molar-refractivity contribution in [2.24, 2.45) is 0 Å². The fourth-order valence-electron chi connectivity index (χ4n) is 8.00. The molecule has 2 atom stereocenters. The highest BCUT2D eigenvalue weighted by molar-refractivity contribution is 5.70. The first-order valence-electron chi connectivity index (χ1n) is 30.7. The fraction of sp³-hybridized carbons (Fsp3) is 0.662. The van der Waals surface area contributed by atoms with Crippen molar-refractivity contribution in [2.45, 2.75) is 245 Å². The number of esters is 2. The predicted molar refractivity (Wildman–Crippen MR) is 324 cm³/mol. The number of hydrogen-bond donors (Lipinski definition) is 0. The minimum atomic E-state index is -1.64. The molecule has 0 aromatic heterocycles. The molecule has 0 heterocycles. The van der Waals surface area contributed by atoms with Crippen molar-refractivity contribution in [2.75, 3.05) is 47.5 Å². The number of aliphatic carboxylic acids is 1. The molecular weight excluding hydrogens is 959 g/mol. The van der Waals surface area contributed by atoms with Crippen LogP contribution < -0.4 is 5.11 Å². The Bertz CT molecular complexity index is 1670. The smallest absolute Gasteiger partial charge is 0.306 e. The zero-order chi connectivity index (χ0) is 56.2. The van der Waals surface area contributed by atoms with Crippen LogP contribution in [0.25, 0.3) is 0 Å². The van der Waals surface area contributed by atoms with Gasteiger partial charge in [-0.3, -0.25) is 9.59 Å². The van der Waals surface area contributed by atoms with Crippen LogP contribution in [-0.2, 0) is 33.3 Å². The van der Waals surface area contributed by atoms with Gasteiger partial charge in [0.05, 0.1) is 40.3 Å². The van der Waals surface area contributed by atoms with E-state index in [4.69, 9.17) is 18.9 Å². The van der Waals surface area contributed by atoms with Crippen LogP contribution in [-0.4, -0.2) is 82.3 Å². The molecule has 0 N–H and O–H groups in total. The number of carbonyl (C=O) groups is 3. The van der Waals surface area contributed by atoms with Crippen molar-refractivity contribution < 1.29 is 42.9 Å². The largest absolute Gasteiger partial charge is 0.545 e. The molecule has 9 nitrogen and oxygen atoms in total. The van der Waals surface area contributed by atoms with Gasteiger partial charge in [0, 0.05) is 12.8 Å². The molecule has 0 aromatic carbocycles. The van der Waals surface area contributed by atoms with Gasteiger partial charge in [-0.2, -0.15) is 0 Å². The summed E-state index contributed by atoms with van der Waals surface area (Å²) >= 11 is 0.